The maximum absolute atomic E-state index is 4.32. The lowest BCUT2D eigenvalue weighted by Gasteiger charge is -2.25. The molecule has 0 unspecified atom stereocenters. The molecule has 47 heavy (non-hydrogen) atoms. The van der Waals surface area contributed by atoms with Gasteiger partial charge in [-0.15, -0.1) is 12.8 Å². The first kappa shape index (κ1) is 40.2. The fourth-order valence-corrected chi connectivity index (χ4v) is 6.11. The van der Waals surface area contributed by atoms with E-state index in [1.807, 2.05) is 26.0 Å². The highest BCUT2D eigenvalue weighted by atomic mass is 14.3. The highest BCUT2D eigenvalue weighted by molar-refractivity contribution is 6.10. The summed E-state index contributed by atoms with van der Waals surface area (Å²) in [6.45, 7) is 23.1. The lowest BCUT2D eigenvalue weighted by Crippen LogP contribution is -2.05. The van der Waals surface area contributed by atoms with E-state index in [2.05, 4.69) is 164 Å². The van der Waals surface area contributed by atoms with E-state index < -0.39 is 0 Å². The molecule has 0 atom stereocenters. The van der Waals surface area contributed by atoms with Crippen LogP contribution in [-0.2, 0) is 6.42 Å². The third-order valence-corrected chi connectivity index (χ3v) is 7.98. The summed E-state index contributed by atoms with van der Waals surface area (Å²) in [4.78, 5) is 0. The Labute approximate surface area is 287 Å². The number of terminal acetylenes is 1. The second kappa shape index (κ2) is 21.0. The minimum absolute atomic E-state index is 0. The molecule has 3 aromatic rings. The molecule has 0 saturated carbocycles. The van der Waals surface area contributed by atoms with Crippen molar-refractivity contribution in [2.24, 2.45) is 0 Å². The van der Waals surface area contributed by atoms with Crippen LogP contribution >= 0.6 is 0 Å². The second-order valence-corrected chi connectivity index (χ2v) is 10.5. The van der Waals surface area contributed by atoms with E-state index in [4.69, 9.17) is 0 Å². The summed E-state index contributed by atoms with van der Waals surface area (Å²) in [7, 11) is 0. The van der Waals surface area contributed by atoms with Gasteiger partial charge in [-0.25, -0.2) is 0 Å². The van der Waals surface area contributed by atoms with Gasteiger partial charge >= 0.3 is 0 Å². The first-order valence-corrected chi connectivity index (χ1v) is 16.5. The predicted octanol–water partition coefficient (Wildman–Crippen LogP) is 14.5. The summed E-state index contributed by atoms with van der Waals surface area (Å²) in [6.07, 6.45) is 39.5. The lowest BCUT2D eigenvalue weighted by atomic mass is 9.78. The van der Waals surface area contributed by atoms with Crippen LogP contribution in [0.4, 0.5) is 0 Å². The van der Waals surface area contributed by atoms with Crippen LogP contribution in [0, 0.1) is 12.8 Å². The topological polar surface area (TPSA) is 0 Å². The zero-order chi connectivity index (χ0) is 34.1. The minimum atomic E-state index is 0. The molecule has 0 amide bonds. The van der Waals surface area contributed by atoms with Crippen LogP contribution in [0.3, 0.4) is 0 Å². The Morgan fingerprint density at radius 1 is 0.809 bits per heavy atom. The van der Waals surface area contributed by atoms with Crippen molar-refractivity contribution in [3.05, 3.63) is 149 Å². The number of benzene rings is 3. The normalized spacial score (nSPS) is 13.1. The van der Waals surface area contributed by atoms with Crippen LogP contribution in [-0.4, -0.2) is 0 Å². The van der Waals surface area contributed by atoms with Gasteiger partial charge in [0.05, 0.1) is 0 Å². The lowest BCUT2D eigenvalue weighted by molar-refractivity contribution is 0.985. The maximum atomic E-state index is 4.32. The van der Waals surface area contributed by atoms with Crippen LogP contribution in [0.2, 0.25) is 0 Å². The Bertz CT molecular complexity index is 1750. The first-order chi connectivity index (χ1) is 22.6. The summed E-state index contributed by atoms with van der Waals surface area (Å²) in [5.74, 6) is 0. The van der Waals surface area contributed by atoms with Gasteiger partial charge in [-0.2, -0.15) is 0 Å². The van der Waals surface area contributed by atoms with E-state index in [0.717, 1.165) is 41.5 Å². The van der Waals surface area contributed by atoms with Gasteiger partial charge < -0.3 is 0 Å². The van der Waals surface area contributed by atoms with Gasteiger partial charge in [0.1, 0.15) is 0 Å². The van der Waals surface area contributed by atoms with Crippen LogP contribution < -0.4 is 0 Å². The Morgan fingerprint density at radius 2 is 1.47 bits per heavy atom. The average molecular weight is 621 g/mol. The molecule has 244 valence electrons. The summed E-state index contributed by atoms with van der Waals surface area (Å²) >= 11 is 0. The molecule has 1 aliphatic carbocycles. The summed E-state index contributed by atoms with van der Waals surface area (Å²) < 4.78 is 0. The fraction of sp³-hybridized carbons (Fsp3) is 0.234. The standard InChI is InChI=1S/C42H44.C2H6.C2H2.CH4/c1-8-15-22-31(12-5)41-36-23-16-18-25-38(36)42(39-26-19-17-24-37(39)41)40-28-27-35(33(13-6)34(40)14-7)32(21-10-3)29-30(11-4)20-9-2;2*1-2;/h9-16,18-23,25-29H,6-8,17,24H2,1-5H3;1-2H3;1-2H;1H4/b20-9-,21-10-,22-15-,30-11+,31-12+,32-29-;;;. The molecule has 0 heterocycles. The molecule has 1 aliphatic rings. The van der Waals surface area contributed by atoms with Crippen molar-refractivity contribution < 1.29 is 0 Å². The highest BCUT2D eigenvalue weighted by Crippen LogP contribution is 2.45. The molecule has 3 aromatic carbocycles. The predicted molar refractivity (Wildman–Crippen MR) is 219 cm³/mol. The first-order valence-electron chi connectivity index (χ1n) is 16.5. The van der Waals surface area contributed by atoms with E-state index in [-0.39, 0.29) is 7.43 Å². The number of fused-ring (bicyclic) bond motifs is 2. The van der Waals surface area contributed by atoms with Crippen molar-refractivity contribution >= 4 is 40.1 Å². The van der Waals surface area contributed by atoms with Crippen LogP contribution in [0.1, 0.15) is 102 Å². The summed E-state index contributed by atoms with van der Waals surface area (Å²) in [6, 6.07) is 13.5. The molecular formula is C47H56. The smallest absolute Gasteiger partial charge is 0.00235 e. The van der Waals surface area contributed by atoms with Crippen LogP contribution in [0.15, 0.2) is 116 Å². The Kier molecular flexibility index (Phi) is 18.0. The van der Waals surface area contributed by atoms with Crippen LogP contribution in [0.25, 0.3) is 51.3 Å². The maximum Gasteiger partial charge on any atom is -0.00235 e. The molecular weight excluding hydrogens is 565 g/mol. The van der Waals surface area contributed by atoms with Crippen molar-refractivity contribution in [3.8, 4) is 24.0 Å². The fourth-order valence-electron chi connectivity index (χ4n) is 6.11. The SMILES string of the molecule is C.C#C.C=Cc1c(C(/C=C\C)=C\C(\C=C/C)=C\C)ccc(-c2c3c(c(C(/C=C\CC)=C/C)c4ccccc24)CCC=C3)c1C=C.CC. The Hall–Kier alpha value is -4.86. The van der Waals surface area contributed by atoms with Crippen molar-refractivity contribution in [2.45, 2.75) is 75.2 Å². The molecule has 0 nitrogen and oxygen atoms in total. The highest BCUT2D eigenvalue weighted by Gasteiger charge is 2.23. The molecule has 0 aliphatic heterocycles. The van der Waals surface area contributed by atoms with Gasteiger partial charge in [0, 0.05) is 0 Å². The number of hydrogen-bond donors (Lipinski definition) is 0. The van der Waals surface area contributed by atoms with Crippen LogP contribution in [0.5, 0.6) is 0 Å². The molecule has 4 rings (SSSR count). The van der Waals surface area contributed by atoms with Gasteiger partial charge in [0.2, 0.25) is 0 Å². The van der Waals surface area contributed by atoms with E-state index >= 15 is 0 Å². The number of allylic oxidation sites excluding steroid dienone is 13. The minimum Gasteiger partial charge on any atom is -0.124 e. The molecule has 0 spiro atoms. The summed E-state index contributed by atoms with van der Waals surface area (Å²) in [5.41, 5.74) is 13.6. The molecule has 0 bridgehead atoms. The number of hydrogen-bond acceptors (Lipinski definition) is 0. The van der Waals surface area contributed by atoms with Gasteiger partial charge in [-0.3, -0.25) is 0 Å². The molecule has 0 N–H and O–H groups in total. The Balaban J connectivity index is 0.00000213. The van der Waals surface area contributed by atoms with Gasteiger partial charge in [0.25, 0.3) is 0 Å². The molecule has 0 heteroatoms. The molecule has 0 fully saturated rings. The van der Waals surface area contributed by atoms with Gasteiger partial charge in [-0.05, 0) is 125 Å². The molecule has 0 aromatic heterocycles. The quantitative estimate of drug-likeness (QED) is 0.156. The van der Waals surface area contributed by atoms with Crippen molar-refractivity contribution in [2.75, 3.05) is 0 Å². The third kappa shape index (κ3) is 8.90. The van der Waals surface area contributed by atoms with Crippen molar-refractivity contribution in [1.29, 1.82) is 0 Å². The van der Waals surface area contributed by atoms with Crippen molar-refractivity contribution in [1.82, 2.24) is 0 Å². The third-order valence-electron chi connectivity index (χ3n) is 7.98. The van der Waals surface area contributed by atoms with E-state index in [1.54, 1.807) is 0 Å². The van der Waals surface area contributed by atoms with E-state index in [1.165, 1.54) is 49.7 Å². The number of rotatable bonds is 10. The van der Waals surface area contributed by atoms with Crippen molar-refractivity contribution in [3.63, 3.8) is 0 Å². The second-order valence-electron chi connectivity index (χ2n) is 10.5. The molecule has 0 saturated heterocycles. The molecule has 0 radical (unpaired) electrons. The van der Waals surface area contributed by atoms with E-state index in [0.29, 0.717) is 0 Å². The zero-order valence-electron chi connectivity index (χ0n) is 29.2. The monoisotopic (exact) mass is 620 g/mol. The van der Waals surface area contributed by atoms with Gasteiger partial charge in [-0.1, -0.05) is 151 Å². The summed E-state index contributed by atoms with van der Waals surface area (Å²) in [5, 5.41) is 2.56. The van der Waals surface area contributed by atoms with E-state index in [9.17, 15) is 0 Å². The average Bonchev–Trinajstić information content (AvgIpc) is 3.12. The zero-order valence-corrected chi connectivity index (χ0v) is 29.2. The Morgan fingerprint density at radius 3 is 2.04 bits per heavy atom. The van der Waals surface area contributed by atoms with Gasteiger partial charge in [0.15, 0.2) is 0 Å². The largest absolute Gasteiger partial charge is 0.124 e.